The Hall–Kier alpha value is -0.670. The van der Waals surface area contributed by atoms with Crippen LogP contribution in [-0.4, -0.2) is 18.4 Å². The predicted octanol–water partition coefficient (Wildman–Crippen LogP) is 1.95. The van der Waals surface area contributed by atoms with Crippen molar-refractivity contribution in [3.8, 4) is 0 Å². The molecule has 1 saturated carbocycles. The molecular formula is C9H15F2NO. The Bertz CT molecular complexity index is 178. The van der Waals surface area contributed by atoms with E-state index >= 15 is 0 Å². The molecule has 0 aliphatic heterocycles. The molecule has 13 heavy (non-hydrogen) atoms. The lowest BCUT2D eigenvalue weighted by Crippen LogP contribution is -2.40. The highest BCUT2D eigenvalue weighted by molar-refractivity contribution is 5.79. The zero-order chi connectivity index (χ0) is 9.84. The van der Waals surface area contributed by atoms with Crippen molar-refractivity contribution < 1.29 is 13.6 Å². The van der Waals surface area contributed by atoms with Crippen LogP contribution in [0.5, 0.6) is 0 Å². The van der Waals surface area contributed by atoms with Gasteiger partial charge < -0.3 is 5.32 Å². The van der Waals surface area contributed by atoms with Gasteiger partial charge in [0, 0.05) is 6.04 Å². The van der Waals surface area contributed by atoms with Gasteiger partial charge in [0.15, 0.2) is 0 Å². The van der Waals surface area contributed by atoms with E-state index in [4.69, 9.17) is 0 Å². The first-order chi connectivity index (χ1) is 6.11. The highest BCUT2D eigenvalue weighted by Crippen LogP contribution is 2.27. The summed E-state index contributed by atoms with van der Waals surface area (Å²) in [6.45, 7) is 1.80. The molecule has 0 heterocycles. The number of halogens is 2. The summed E-state index contributed by atoms with van der Waals surface area (Å²) in [6.07, 6.45) is 1.51. The molecule has 1 aliphatic rings. The first-order valence-electron chi connectivity index (χ1n) is 4.70. The van der Waals surface area contributed by atoms with Gasteiger partial charge >= 0.3 is 6.43 Å². The second-order valence-corrected chi connectivity index (χ2v) is 3.64. The van der Waals surface area contributed by atoms with Gasteiger partial charge in [0.2, 0.25) is 0 Å². The molecule has 2 nitrogen and oxygen atoms in total. The maximum Gasteiger partial charge on any atom is 0.315 e. The van der Waals surface area contributed by atoms with Gasteiger partial charge in [-0.1, -0.05) is 12.8 Å². The highest BCUT2D eigenvalue weighted by atomic mass is 19.3. The normalized spacial score (nSPS) is 20.6. The highest BCUT2D eigenvalue weighted by Gasteiger charge is 2.25. The average Bonchev–Trinajstić information content (AvgIpc) is 2.55. The first-order valence-corrected chi connectivity index (χ1v) is 4.70. The molecule has 1 fully saturated rings. The van der Waals surface area contributed by atoms with Crippen molar-refractivity contribution in [3.05, 3.63) is 0 Å². The van der Waals surface area contributed by atoms with Crippen LogP contribution in [0.15, 0.2) is 0 Å². The summed E-state index contributed by atoms with van der Waals surface area (Å²) >= 11 is 0. The third-order valence-electron chi connectivity index (χ3n) is 2.68. The van der Waals surface area contributed by atoms with E-state index in [1.54, 1.807) is 6.92 Å². The van der Waals surface area contributed by atoms with E-state index in [0.29, 0.717) is 5.92 Å². The summed E-state index contributed by atoms with van der Waals surface area (Å²) in [5, 5.41) is 2.33. The molecule has 1 atom stereocenters. The topological polar surface area (TPSA) is 29.1 Å². The quantitative estimate of drug-likeness (QED) is 0.725. The summed E-state index contributed by atoms with van der Waals surface area (Å²) < 4.78 is 23.7. The Morgan fingerprint density at radius 2 is 1.92 bits per heavy atom. The molecule has 0 radical (unpaired) electrons. The summed E-state index contributed by atoms with van der Waals surface area (Å²) in [5.74, 6) is -0.748. The van der Waals surface area contributed by atoms with Crippen LogP contribution in [0.25, 0.3) is 0 Å². The van der Waals surface area contributed by atoms with Crippen LogP contribution in [0.2, 0.25) is 0 Å². The minimum Gasteiger partial charge on any atom is -0.348 e. The Balaban J connectivity index is 2.31. The van der Waals surface area contributed by atoms with Crippen LogP contribution in [-0.2, 0) is 4.79 Å². The largest absolute Gasteiger partial charge is 0.348 e. The number of rotatable bonds is 3. The molecule has 0 spiro atoms. The van der Waals surface area contributed by atoms with Crippen molar-refractivity contribution in [2.24, 2.45) is 5.92 Å². The standard InChI is InChI=1S/C9H15F2NO/c1-6(7-4-2-3-5-7)12-9(13)8(10)11/h6-8H,2-5H2,1H3,(H,12,13)/t6-/m0/s1. The maximum absolute atomic E-state index is 11.9. The van der Waals surface area contributed by atoms with E-state index in [2.05, 4.69) is 5.32 Å². The zero-order valence-electron chi connectivity index (χ0n) is 7.72. The van der Waals surface area contributed by atoms with Gasteiger partial charge in [-0.15, -0.1) is 0 Å². The SMILES string of the molecule is C[C@H](NC(=O)C(F)F)C1CCCC1. The van der Waals surface area contributed by atoms with E-state index in [1.165, 1.54) is 0 Å². The molecule has 1 amide bonds. The first kappa shape index (κ1) is 10.4. The molecule has 0 aromatic rings. The Labute approximate surface area is 76.7 Å². The molecule has 0 aromatic carbocycles. The van der Waals surface area contributed by atoms with E-state index < -0.39 is 12.3 Å². The summed E-state index contributed by atoms with van der Waals surface area (Å²) in [7, 11) is 0. The van der Waals surface area contributed by atoms with Crippen LogP contribution < -0.4 is 5.32 Å². The monoisotopic (exact) mass is 191 g/mol. The van der Waals surface area contributed by atoms with Crippen LogP contribution in [0, 0.1) is 5.92 Å². The van der Waals surface area contributed by atoms with Gasteiger partial charge in [0.1, 0.15) is 0 Å². The molecule has 0 bridgehead atoms. The van der Waals surface area contributed by atoms with Crippen LogP contribution in [0.1, 0.15) is 32.6 Å². The number of hydrogen-bond donors (Lipinski definition) is 1. The van der Waals surface area contributed by atoms with Crippen molar-refractivity contribution in [2.75, 3.05) is 0 Å². The van der Waals surface area contributed by atoms with E-state index in [1.807, 2.05) is 0 Å². The number of hydrogen-bond acceptors (Lipinski definition) is 1. The smallest absolute Gasteiger partial charge is 0.315 e. The fraction of sp³-hybridized carbons (Fsp3) is 0.889. The number of amides is 1. The fourth-order valence-electron chi connectivity index (χ4n) is 1.86. The summed E-state index contributed by atoms with van der Waals surface area (Å²) in [5.41, 5.74) is 0. The molecule has 1 N–H and O–H groups in total. The lowest BCUT2D eigenvalue weighted by atomic mass is 10.00. The average molecular weight is 191 g/mol. The van der Waals surface area contributed by atoms with E-state index in [-0.39, 0.29) is 6.04 Å². The molecular weight excluding hydrogens is 176 g/mol. The van der Waals surface area contributed by atoms with Crippen molar-refractivity contribution in [2.45, 2.75) is 45.1 Å². The number of alkyl halides is 2. The Morgan fingerprint density at radius 3 is 2.38 bits per heavy atom. The molecule has 1 aliphatic carbocycles. The second kappa shape index (κ2) is 4.53. The number of carbonyl (C=O) groups excluding carboxylic acids is 1. The maximum atomic E-state index is 11.9. The molecule has 76 valence electrons. The van der Waals surface area contributed by atoms with Crippen molar-refractivity contribution in [1.82, 2.24) is 5.32 Å². The predicted molar refractivity (Wildman–Crippen MR) is 45.6 cm³/mol. The lowest BCUT2D eigenvalue weighted by molar-refractivity contribution is -0.132. The zero-order valence-corrected chi connectivity index (χ0v) is 7.72. The van der Waals surface area contributed by atoms with Gasteiger partial charge in [-0.2, -0.15) is 8.78 Å². The molecule has 0 unspecified atom stereocenters. The molecule has 4 heteroatoms. The van der Waals surface area contributed by atoms with Crippen molar-refractivity contribution in [1.29, 1.82) is 0 Å². The Morgan fingerprint density at radius 1 is 1.38 bits per heavy atom. The molecule has 0 aromatic heterocycles. The second-order valence-electron chi connectivity index (χ2n) is 3.64. The molecule has 1 rings (SSSR count). The summed E-state index contributed by atoms with van der Waals surface area (Å²) in [6, 6.07) is -0.107. The molecule has 0 saturated heterocycles. The van der Waals surface area contributed by atoms with Crippen LogP contribution >= 0.6 is 0 Å². The minimum absolute atomic E-state index is 0.107. The minimum atomic E-state index is -2.89. The summed E-state index contributed by atoms with van der Waals surface area (Å²) in [4.78, 5) is 10.6. The van der Waals surface area contributed by atoms with Gasteiger partial charge in [0.25, 0.3) is 5.91 Å². The lowest BCUT2D eigenvalue weighted by Gasteiger charge is -2.19. The third-order valence-corrected chi connectivity index (χ3v) is 2.68. The fourth-order valence-corrected chi connectivity index (χ4v) is 1.86. The van der Waals surface area contributed by atoms with Gasteiger partial charge in [-0.3, -0.25) is 4.79 Å². The van der Waals surface area contributed by atoms with Gasteiger partial charge in [-0.25, -0.2) is 0 Å². The van der Waals surface area contributed by atoms with Gasteiger partial charge in [-0.05, 0) is 25.7 Å². The van der Waals surface area contributed by atoms with Crippen LogP contribution in [0.3, 0.4) is 0 Å². The van der Waals surface area contributed by atoms with Crippen molar-refractivity contribution >= 4 is 5.91 Å². The van der Waals surface area contributed by atoms with E-state index in [9.17, 15) is 13.6 Å². The van der Waals surface area contributed by atoms with E-state index in [0.717, 1.165) is 25.7 Å². The Kier molecular flexibility index (Phi) is 3.63. The van der Waals surface area contributed by atoms with Crippen LogP contribution in [0.4, 0.5) is 8.78 Å². The third kappa shape index (κ3) is 2.94. The van der Waals surface area contributed by atoms with Gasteiger partial charge in [0.05, 0.1) is 0 Å². The number of carbonyl (C=O) groups is 1. The number of nitrogens with one attached hydrogen (secondary N) is 1. The van der Waals surface area contributed by atoms with Crippen molar-refractivity contribution in [3.63, 3.8) is 0 Å².